The van der Waals surface area contributed by atoms with Gasteiger partial charge in [-0.15, -0.1) is 0 Å². The number of carbonyl (C=O) groups is 3. The van der Waals surface area contributed by atoms with Gasteiger partial charge in [-0.1, -0.05) is 40.5 Å². The molecule has 9 heteroatoms. The molecule has 1 N–H and O–H groups in total. The minimum atomic E-state index is -0.840. The molecule has 2 aliphatic carbocycles. The molecule has 228 valence electrons. The summed E-state index contributed by atoms with van der Waals surface area (Å²) in [5.41, 5.74) is 1.33. The highest BCUT2D eigenvalue weighted by Gasteiger charge is 2.55. The Labute approximate surface area is 248 Å². The van der Waals surface area contributed by atoms with Crippen molar-refractivity contribution < 1.29 is 23.9 Å². The van der Waals surface area contributed by atoms with Gasteiger partial charge in [0.25, 0.3) is 0 Å². The van der Waals surface area contributed by atoms with Crippen molar-refractivity contribution in [2.75, 3.05) is 6.54 Å². The summed E-state index contributed by atoms with van der Waals surface area (Å²) in [6.07, 6.45) is 12.8. The van der Waals surface area contributed by atoms with Gasteiger partial charge in [0.05, 0.1) is 12.6 Å². The summed E-state index contributed by atoms with van der Waals surface area (Å²) < 4.78 is 14.8. The first-order valence-corrected chi connectivity index (χ1v) is 16.0. The van der Waals surface area contributed by atoms with Crippen LogP contribution in [0.4, 0.5) is 4.79 Å². The monoisotopic (exact) mass is 578 g/mol. The van der Waals surface area contributed by atoms with Gasteiger partial charge in [-0.05, 0) is 68.6 Å². The smallest absolute Gasteiger partial charge is 0.408 e. The second-order valence-corrected chi connectivity index (χ2v) is 14.2. The summed E-state index contributed by atoms with van der Waals surface area (Å²) >= 11 is 0. The number of ether oxygens (including phenoxy) is 2. The second kappa shape index (κ2) is 11.2. The van der Waals surface area contributed by atoms with E-state index in [1.165, 1.54) is 6.42 Å². The number of hydrogen-bond acceptors (Lipinski definition) is 6. The molecule has 4 aliphatic rings. The molecule has 0 radical (unpaired) electrons. The van der Waals surface area contributed by atoms with Crippen LogP contribution in [0.3, 0.4) is 0 Å². The molecule has 0 aromatic carbocycles. The van der Waals surface area contributed by atoms with Crippen molar-refractivity contribution in [3.05, 3.63) is 30.2 Å². The Morgan fingerprint density at radius 2 is 1.90 bits per heavy atom. The van der Waals surface area contributed by atoms with E-state index in [1.54, 1.807) is 18.0 Å². The minimum absolute atomic E-state index is 0.0700. The maximum atomic E-state index is 14.3. The van der Waals surface area contributed by atoms with E-state index in [0.717, 1.165) is 55.5 Å². The van der Waals surface area contributed by atoms with E-state index in [2.05, 4.69) is 16.5 Å². The fourth-order valence-corrected chi connectivity index (χ4v) is 8.01. The van der Waals surface area contributed by atoms with Crippen molar-refractivity contribution >= 4 is 23.4 Å². The van der Waals surface area contributed by atoms with Crippen LogP contribution >= 0.6 is 0 Å². The number of amides is 2. The lowest BCUT2D eigenvalue weighted by molar-refractivity contribution is -0.141. The van der Waals surface area contributed by atoms with Gasteiger partial charge >= 0.3 is 6.09 Å². The third-order valence-corrected chi connectivity index (χ3v) is 10.3. The van der Waals surface area contributed by atoms with Gasteiger partial charge in [-0.3, -0.25) is 9.59 Å². The number of aryl methyl sites for hydroxylation is 1. The average molecular weight is 579 g/mol. The number of imidazole rings is 1. The van der Waals surface area contributed by atoms with Crippen LogP contribution in [0.25, 0.3) is 5.65 Å². The number of alkyl carbamates (subject to hydrolysis) is 1. The molecule has 2 bridgehead atoms. The van der Waals surface area contributed by atoms with Gasteiger partial charge in [0.1, 0.15) is 29.6 Å². The van der Waals surface area contributed by atoms with Gasteiger partial charge in [0, 0.05) is 36.1 Å². The topological polar surface area (TPSA) is 102 Å². The van der Waals surface area contributed by atoms with Crippen molar-refractivity contribution in [2.45, 2.75) is 110 Å². The van der Waals surface area contributed by atoms with E-state index in [4.69, 9.17) is 9.47 Å². The second-order valence-electron chi connectivity index (χ2n) is 14.2. The molecule has 2 amide bonds. The molecule has 2 aromatic heterocycles. The van der Waals surface area contributed by atoms with E-state index in [0.29, 0.717) is 24.2 Å². The van der Waals surface area contributed by atoms with E-state index in [1.807, 2.05) is 44.4 Å². The number of rotatable bonds is 2. The highest BCUT2D eigenvalue weighted by atomic mass is 16.6. The van der Waals surface area contributed by atoms with Crippen LogP contribution in [-0.4, -0.2) is 62.9 Å². The van der Waals surface area contributed by atoms with Gasteiger partial charge in [-0.2, -0.15) is 0 Å². The molecule has 2 aromatic rings. The van der Waals surface area contributed by atoms with E-state index in [-0.39, 0.29) is 36.4 Å². The fourth-order valence-electron chi connectivity index (χ4n) is 8.01. The van der Waals surface area contributed by atoms with Crippen LogP contribution < -0.4 is 10.1 Å². The number of pyridine rings is 1. The van der Waals surface area contributed by atoms with Gasteiger partial charge in [0.15, 0.2) is 5.78 Å². The van der Waals surface area contributed by atoms with Crippen molar-refractivity contribution in [1.29, 1.82) is 0 Å². The number of aromatic nitrogens is 2. The standard InChI is InChI=1S/C33H46N4O5/c1-6-22-27-18-37(29(22)19(2)38)31(39)30(33(3,4)5)35-32(40)42-26-15-21-14-24(21)23(26)11-9-7-8-10-20-17-36-13-12-34-28(36)16-25(20)41-27/h12-13,16-17,21-24,26-27,29-30H,6-11,14-15,18H2,1-5H3,(H,35,40)/t21?,22-,23-,24?,26-,27+,29-,30-/m1/s1. The summed E-state index contributed by atoms with van der Waals surface area (Å²) in [5, 5.41) is 2.95. The maximum Gasteiger partial charge on any atom is 0.408 e. The molecular formula is C33H46N4O5. The molecule has 2 unspecified atom stereocenters. The molecule has 1 saturated heterocycles. The van der Waals surface area contributed by atoms with Crippen LogP contribution in [0, 0.1) is 29.1 Å². The van der Waals surface area contributed by atoms with Crippen molar-refractivity contribution in [3.63, 3.8) is 0 Å². The number of nitrogens with zero attached hydrogens (tertiary/aromatic N) is 3. The lowest BCUT2D eigenvalue weighted by Gasteiger charge is -2.36. The molecule has 8 atom stereocenters. The zero-order valence-electron chi connectivity index (χ0n) is 25.7. The lowest BCUT2D eigenvalue weighted by Crippen LogP contribution is -2.57. The average Bonchev–Trinajstić information content (AvgIpc) is 3.23. The first kappa shape index (κ1) is 29.0. The summed E-state index contributed by atoms with van der Waals surface area (Å²) in [6.45, 7) is 9.67. The number of fused-ring (bicyclic) bond motifs is 7. The number of hydrogen-bond donors (Lipinski definition) is 1. The van der Waals surface area contributed by atoms with Crippen molar-refractivity contribution in [3.8, 4) is 5.75 Å². The van der Waals surface area contributed by atoms with Crippen LogP contribution in [-0.2, 0) is 20.7 Å². The van der Waals surface area contributed by atoms with Crippen LogP contribution in [0.5, 0.6) is 5.75 Å². The highest BCUT2D eigenvalue weighted by molar-refractivity contribution is 5.92. The first-order chi connectivity index (χ1) is 20.0. The Bertz CT molecular complexity index is 1350. The summed E-state index contributed by atoms with van der Waals surface area (Å²) in [4.78, 5) is 46.8. The van der Waals surface area contributed by atoms with Crippen LogP contribution in [0.2, 0.25) is 0 Å². The molecular weight excluding hydrogens is 532 g/mol. The Hall–Kier alpha value is -3.10. The number of ketones is 1. The first-order valence-electron chi connectivity index (χ1n) is 16.0. The van der Waals surface area contributed by atoms with Gasteiger partial charge < -0.3 is 24.1 Å². The molecule has 6 rings (SSSR count). The number of Topliss-reactive ketones (excluding diaryl/α,β-unsaturated/α-hetero) is 1. The van der Waals surface area contributed by atoms with Crippen LogP contribution in [0.1, 0.15) is 85.1 Å². The largest absolute Gasteiger partial charge is 0.488 e. The highest BCUT2D eigenvalue weighted by Crippen LogP contribution is 2.57. The minimum Gasteiger partial charge on any atom is -0.488 e. The Morgan fingerprint density at radius 1 is 1.10 bits per heavy atom. The summed E-state index contributed by atoms with van der Waals surface area (Å²) in [5.74, 6) is 1.97. The van der Waals surface area contributed by atoms with E-state index >= 15 is 0 Å². The maximum absolute atomic E-state index is 14.3. The number of nitrogens with one attached hydrogen (secondary N) is 1. The van der Waals surface area contributed by atoms with Gasteiger partial charge in [0.2, 0.25) is 5.91 Å². The van der Waals surface area contributed by atoms with Crippen molar-refractivity contribution in [2.24, 2.45) is 29.1 Å². The molecule has 42 heavy (non-hydrogen) atoms. The Balaban J connectivity index is 1.35. The van der Waals surface area contributed by atoms with E-state index < -0.39 is 23.6 Å². The SMILES string of the molecule is CC[C@@H]1[C@@H]2CN(C(=O)[C@H](C(C)(C)C)NC(=O)O[C@@H]3CC4CC4[C@H]3CCCCCc3cn4ccnc4cc3O2)[C@@H]1C(C)=O. The number of carbonyl (C=O) groups excluding carboxylic acids is 3. The Kier molecular flexibility index (Phi) is 7.73. The third-order valence-electron chi connectivity index (χ3n) is 10.3. The quantitative estimate of drug-likeness (QED) is 0.526. The van der Waals surface area contributed by atoms with Gasteiger partial charge in [-0.25, -0.2) is 9.78 Å². The molecule has 9 nitrogen and oxygen atoms in total. The van der Waals surface area contributed by atoms with Crippen LogP contribution in [0.15, 0.2) is 24.7 Å². The molecule has 4 heterocycles. The lowest BCUT2D eigenvalue weighted by atomic mass is 9.85. The fraction of sp³-hybridized carbons (Fsp3) is 0.697. The normalized spacial score (nSPS) is 33.9. The summed E-state index contributed by atoms with van der Waals surface area (Å²) in [6, 6.07) is 0.523. The molecule has 2 saturated carbocycles. The Morgan fingerprint density at radius 3 is 2.64 bits per heavy atom. The zero-order chi connectivity index (χ0) is 29.8. The van der Waals surface area contributed by atoms with E-state index in [9.17, 15) is 14.4 Å². The predicted molar refractivity (Wildman–Crippen MR) is 158 cm³/mol. The summed E-state index contributed by atoms with van der Waals surface area (Å²) in [7, 11) is 0. The zero-order valence-corrected chi connectivity index (χ0v) is 25.7. The molecule has 3 fully saturated rings. The molecule has 0 spiro atoms. The third kappa shape index (κ3) is 5.51. The predicted octanol–water partition coefficient (Wildman–Crippen LogP) is 5.19. The molecule has 2 aliphatic heterocycles. The van der Waals surface area contributed by atoms with Crippen molar-refractivity contribution in [1.82, 2.24) is 19.6 Å².